The van der Waals surface area contributed by atoms with E-state index in [1.54, 1.807) is 0 Å². The summed E-state index contributed by atoms with van der Waals surface area (Å²) in [4.78, 5) is 36.8. The molecule has 0 saturated carbocycles. The Morgan fingerprint density at radius 3 is 2.18 bits per heavy atom. The Bertz CT molecular complexity index is 1010. The number of carbonyl (C=O) groups is 3. The molecule has 0 aromatic heterocycles. The summed E-state index contributed by atoms with van der Waals surface area (Å²) < 4.78 is 10.3. The maximum atomic E-state index is 12.8. The van der Waals surface area contributed by atoms with E-state index in [1.807, 2.05) is 61.5 Å². The highest BCUT2D eigenvalue weighted by molar-refractivity contribution is 5.81. The van der Waals surface area contributed by atoms with Gasteiger partial charge in [-0.05, 0) is 56.2 Å². The molecule has 2 rings (SSSR count). The molecule has 3 atom stereocenters. The average Bonchev–Trinajstić information content (AvgIpc) is 2.91. The van der Waals surface area contributed by atoms with Crippen LogP contribution in [0.2, 0.25) is 0 Å². The number of carbonyl (C=O) groups excluding carboxylic acids is 3. The van der Waals surface area contributed by atoms with Crippen molar-refractivity contribution in [3.05, 3.63) is 65.7 Å². The molecule has 39 heavy (non-hydrogen) atoms. The molecule has 0 saturated heterocycles. The monoisotopic (exact) mass is 540 g/mol. The van der Waals surface area contributed by atoms with Gasteiger partial charge in [0.1, 0.15) is 5.75 Å². The molecule has 0 aliphatic rings. The Balaban J connectivity index is 2.03. The minimum absolute atomic E-state index is 0.000857. The summed E-state index contributed by atoms with van der Waals surface area (Å²) >= 11 is 0. The van der Waals surface area contributed by atoms with Crippen LogP contribution in [-0.4, -0.2) is 54.8 Å². The highest BCUT2D eigenvalue weighted by atomic mass is 16.5. The van der Waals surface area contributed by atoms with Crippen molar-refractivity contribution in [1.82, 2.24) is 10.6 Å². The Morgan fingerprint density at radius 1 is 0.872 bits per heavy atom. The molecule has 0 aliphatic heterocycles. The first-order valence-electron chi connectivity index (χ1n) is 13.7. The molecule has 3 N–H and O–H groups in total. The lowest BCUT2D eigenvalue weighted by molar-refractivity contribution is -0.142. The second-order valence-corrected chi connectivity index (χ2v) is 10.4. The largest absolute Gasteiger partial charge is 0.493 e. The fourth-order valence-electron chi connectivity index (χ4n) is 4.18. The van der Waals surface area contributed by atoms with Gasteiger partial charge >= 0.3 is 5.97 Å². The van der Waals surface area contributed by atoms with Crippen LogP contribution in [0.4, 0.5) is 0 Å². The topological polar surface area (TPSA) is 114 Å². The van der Waals surface area contributed by atoms with Crippen LogP contribution in [0.5, 0.6) is 5.75 Å². The molecule has 0 aliphatic carbocycles. The summed E-state index contributed by atoms with van der Waals surface area (Å²) in [5, 5.41) is 17.2. The second kappa shape index (κ2) is 17.2. The van der Waals surface area contributed by atoms with Gasteiger partial charge in [0.2, 0.25) is 11.8 Å². The third-order valence-electron chi connectivity index (χ3n) is 6.50. The van der Waals surface area contributed by atoms with Gasteiger partial charge < -0.3 is 25.2 Å². The molecule has 2 aromatic rings. The van der Waals surface area contributed by atoms with Crippen LogP contribution in [-0.2, 0) is 25.5 Å². The van der Waals surface area contributed by atoms with E-state index in [9.17, 15) is 19.5 Å². The number of nitrogens with one attached hydrogen (secondary N) is 2. The number of hydrogen-bond acceptors (Lipinski definition) is 6. The van der Waals surface area contributed by atoms with E-state index in [-0.39, 0.29) is 50.1 Å². The maximum Gasteiger partial charge on any atom is 0.306 e. The zero-order chi connectivity index (χ0) is 28.6. The van der Waals surface area contributed by atoms with Gasteiger partial charge in [0.05, 0.1) is 38.7 Å². The lowest BCUT2D eigenvalue weighted by Crippen LogP contribution is -2.48. The highest BCUT2D eigenvalue weighted by Gasteiger charge is 2.26. The van der Waals surface area contributed by atoms with Gasteiger partial charge in [-0.2, -0.15) is 0 Å². The Labute approximate surface area is 232 Å². The fraction of sp³-hybridized carbons (Fsp3) is 0.516. The molecule has 3 unspecified atom stereocenters. The summed E-state index contributed by atoms with van der Waals surface area (Å²) in [5.41, 5.74) is 2.11. The van der Waals surface area contributed by atoms with Crippen molar-refractivity contribution >= 4 is 17.8 Å². The predicted molar refractivity (Wildman–Crippen MR) is 151 cm³/mol. The van der Waals surface area contributed by atoms with Gasteiger partial charge in [-0.15, -0.1) is 0 Å². The lowest BCUT2D eigenvalue weighted by atomic mass is 9.93. The molecule has 0 radical (unpaired) electrons. The minimum atomic E-state index is -0.898. The summed E-state index contributed by atoms with van der Waals surface area (Å²) in [6, 6.07) is 16.5. The number of esters is 1. The first-order valence-corrected chi connectivity index (χ1v) is 13.7. The third kappa shape index (κ3) is 13.3. The van der Waals surface area contributed by atoms with Crippen molar-refractivity contribution in [2.24, 2.45) is 5.92 Å². The van der Waals surface area contributed by atoms with Crippen molar-refractivity contribution in [2.75, 3.05) is 13.7 Å². The number of aryl methyl sites for hydroxylation is 1. The van der Waals surface area contributed by atoms with Crippen molar-refractivity contribution in [3.63, 3.8) is 0 Å². The summed E-state index contributed by atoms with van der Waals surface area (Å²) in [7, 11) is 1.29. The van der Waals surface area contributed by atoms with E-state index in [1.165, 1.54) is 7.11 Å². The van der Waals surface area contributed by atoms with Gasteiger partial charge in [0.15, 0.2) is 0 Å². The van der Waals surface area contributed by atoms with Crippen molar-refractivity contribution < 1.29 is 29.0 Å². The molecule has 0 bridgehead atoms. The Morgan fingerprint density at radius 2 is 1.54 bits per heavy atom. The van der Waals surface area contributed by atoms with Crippen LogP contribution in [0.3, 0.4) is 0 Å². The number of aliphatic hydroxyl groups excluding tert-OH is 1. The predicted octanol–water partition coefficient (Wildman–Crippen LogP) is 4.12. The molecular weight excluding hydrogens is 496 g/mol. The highest BCUT2D eigenvalue weighted by Crippen LogP contribution is 2.16. The summed E-state index contributed by atoms with van der Waals surface area (Å²) in [6.07, 6.45) is 1.52. The van der Waals surface area contributed by atoms with E-state index in [0.717, 1.165) is 17.5 Å². The van der Waals surface area contributed by atoms with Gasteiger partial charge in [-0.1, -0.05) is 61.9 Å². The quantitative estimate of drug-likeness (QED) is 0.260. The van der Waals surface area contributed by atoms with Crippen LogP contribution in [0.25, 0.3) is 0 Å². The van der Waals surface area contributed by atoms with E-state index < -0.39 is 18.1 Å². The number of ether oxygens (including phenoxy) is 2. The van der Waals surface area contributed by atoms with Crippen molar-refractivity contribution in [3.8, 4) is 5.75 Å². The van der Waals surface area contributed by atoms with Crippen molar-refractivity contribution in [2.45, 2.75) is 83.9 Å². The standard InChI is InChI=1S/C31H44N2O6/c1-22(2)10-13-25(32-29(35)16-17-31(37)38-4)21-28(34)27(20-24-8-6-5-7-9-24)33-30(36)18-19-39-26-14-11-23(3)12-15-26/h5-9,11-12,14-15,22,25,27-28,34H,10,13,16-21H2,1-4H3,(H,32,35)(H,33,36). The van der Waals surface area contributed by atoms with E-state index >= 15 is 0 Å². The smallest absolute Gasteiger partial charge is 0.306 e. The van der Waals surface area contributed by atoms with Gasteiger partial charge in [0.25, 0.3) is 0 Å². The van der Waals surface area contributed by atoms with Crippen LogP contribution in [0, 0.1) is 12.8 Å². The van der Waals surface area contributed by atoms with E-state index in [2.05, 4.69) is 29.2 Å². The van der Waals surface area contributed by atoms with Crippen LogP contribution in [0.1, 0.15) is 63.5 Å². The van der Waals surface area contributed by atoms with E-state index in [0.29, 0.717) is 24.5 Å². The first-order chi connectivity index (χ1) is 18.7. The second-order valence-electron chi connectivity index (χ2n) is 10.4. The number of methoxy groups -OCH3 is 1. The summed E-state index contributed by atoms with van der Waals surface area (Å²) in [6.45, 7) is 6.42. The minimum Gasteiger partial charge on any atom is -0.493 e. The first kappa shape index (κ1) is 31.8. The average molecular weight is 541 g/mol. The maximum absolute atomic E-state index is 12.8. The Kier molecular flexibility index (Phi) is 14.1. The summed E-state index contributed by atoms with van der Waals surface area (Å²) in [5.74, 6) is 0.192. The zero-order valence-electron chi connectivity index (χ0n) is 23.7. The van der Waals surface area contributed by atoms with Gasteiger partial charge in [0, 0.05) is 12.5 Å². The molecular formula is C31H44N2O6. The molecule has 8 heteroatoms. The number of rotatable bonds is 17. The number of benzene rings is 2. The van der Waals surface area contributed by atoms with Crippen LogP contribution in [0.15, 0.2) is 54.6 Å². The van der Waals surface area contributed by atoms with Crippen LogP contribution < -0.4 is 15.4 Å². The van der Waals surface area contributed by atoms with E-state index in [4.69, 9.17) is 4.74 Å². The normalized spacial score (nSPS) is 13.3. The van der Waals surface area contributed by atoms with Crippen LogP contribution >= 0.6 is 0 Å². The Hall–Kier alpha value is -3.39. The van der Waals surface area contributed by atoms with Gasteiger partial charge in [-0.3, -0.25) is 14.4 Å². The number of aliphatic hydroxyl groups is 1. The number of amides is 2. The zero-order valence-corrected chi connectivity index (χ0v) is 23.7. The molecule has 214 valence electrons. The lowest BCUT2D eigenvalue weighted by Gasteiger charge is -2.29. The SMILES string of the molecule is COC(=O)CCC(=O)NC(CCC(C)C)CC(O)C(Cc1ccccc1)NC(=O)CCOc1ccc(C)cc1. The molecule has 2 aromatic carbocycles. The van der Waals surface area contributed by atoms with Crippen molar-refractivity contribution in [1.29, 1.82) is 0 Å². The number of hydrogen-bond donors (Lipinski definition) is 3. The third-order valence-corrected chi connectivity index (χ3v) is 6.50. The molecule has 0 fully saturated rings. The molecule has 8 nitrogen and oxygen atoms in total. The van der Waals surface area contributed by atoms with Gasteiger partial charge in [-0.25, -0.2) is 0 Å². The molecule has 0 heterocycles. The molecule has 0 spiro atoms. The fourth-order valence-corrected chi connectivity index (χ4v) is 4.18. The molecule has 2 amide bonds.